The molecule has 1 aromatic carbocycles. The lowest BCUT2D eigenvalue weighted by atomic mass is 10.2. The summed E-state index contributed by atoms with van der Waals surface area (Å²) < 4.78 is 10.5. The Bertz CT molecular complexity index is 718. The van der Waals surface area contributed by atoms with Crippen LogP contribution in [0.4, 0.5) is 11.5 Å². The third kappa shape index (κ3) is 3.90. The third-order valence-electron chi connectivity index (χ3n) is 3.38. The highest BCUT2D eigenvalue weighted by Crippen LogP contribution is 2.34. The number of anilines is 2. The maximum atomic E-state index is 12.2. The van der Waals surface area contributed by atoms with Crippen LogP contribution in [-0.4, -0.2) is 54.8 Å². The van der Waals surface area contributed by atoms with Gasteiger partial charge in [0.15, 0.2) is 11.5 Å². The molecule has 0 saturated carbocycles. The van der Waals surface area contributed by atoms with Gasteiger partial charge in [-0.3, -0.25) is 4.79 Å². The average Bonchev–Trinajstić information content (AvgIpc) is 3.03. The van der Waals surface area contributed by atoms with E-state index in [4.69, 9.17) is 9.47 Å². The van der Waals surface area contributed by atoms with Crippen LogP contribution in [0.3, 0.4) is 0 Å². The van der Waals surface area contributed by atoms with E-state index in [-0.39, 0.29) is 18.4 Å². The van der Waals surface area contributed by atoms with Crippen molar-refractivity contribution in [1.29, 1.82) is 0 Å². The molecule has 1 aromatic heterocycles. The molecule has 8 nitrogen and oxygen atoms in total. The van der Waals surface area contributed by atoms with E-state index in [1.165, 1.54) is 6.20 Å². The molecule has 24 heavy (non-hydrogen) atoms. The minimum atomic E-state index is -0.332. The number of nitrogens with one attached hydrogen (secondary N) is 2. The molecule has 2 aromatic rings. The lowest BCUT2D eigenvalue weighted by Crippen LogP contribution is -2.21. The minimum absolute atomic E-state index is 0.195. The van der Waals surface area contributed by atoms with Crippen molar-refractivity contribution in [2.45, 2.75) is 0 Å². The van der Waals surface area contributed by atoms with Crippen LogP contribution in [0, 0.1) is 0 Å². The predicted octanol–water partition coefficient (Wildman–Crippen LogP) is 1.43. The highest BCUT2D eigenvalue weighted by atomic mass is 16.7. The second-order valence-corrected chi connectivity index (χ2v) is 5.54. The smallest absolute Gasteiger partial charge is 0.275 e. The zero-order valence-corrected chi connectivity index (χ0v) is 13.6. The molecule has 126 valence electrons. The van der Waals surface area contributed by atoms with Gasteiger partial charge in [0, 0.05) is 24.8 Å². The standard InChI is InChI=1S/C16H19N5O3/c1-21(2)6-5-17-15-9-18-12(8-19-15)16(22)20-11-3-4-13-14(7-11)24-10-23-13/h3-4,7-9H,5-6,10H2,1-2H3,(H,17,19)(H,20,22). The number of carbonyl (C=O) groups excluding carboxylic acids is 1. The summed E-state index contributed by atoms with van der Waals surface area (Å²) in [5.74, 6) is 1.58. The van der Waals surface area contributed by atoms with Gasteiger partial charge in [0.2, 0.25) is 6.79 Å². The van der Waals surface area contributed by atoms with E-state index in [2.05, 4.69) is 25.5 Å². The lowest BCUT2D eigenvalue weighted by molar-refractivity contribution is 0.102. The molecule has 1 aliphatic rings. The number of carbonyl (C=O) groups is 1. The van der Waals surface area contributed by atoms with E-state index in [0.717, 1.165) is 13.1 Å². The Balaban J connectivity index is 1.59. The zero-order valence-electron chi connectivity index (χ0n) is 13.6. The Morgan fingerprint density at radius 2 is 2.04 bits per heavy atom. The number of nitrogens with zero attached hydrogens (tertiary/aromatic N) is 3. The zero-order chi connectivity index (χ0) is 16.9. The minimum Gasteiger partial charge on any atom is -0.454 e. The second kappa shape index (κ2) is 7.14. The first-order valence-corrected chi connectivity index (χ1v) is 7.53. The van der Waals surface area contributed by atoms with E-state index in [9.17, 15) is 4.79 Å². The van der Waals surface area contributed by atoms with E-state index in [1.807, 2.05) is 14.1 Å². The van der Waals surface area contributed by atoms with Gasteiger partial charge in [-0.2, -0.15) is 0 Å². The number of rotatable bonds is 6. The second-order valence-electron chi connectivity index (χ2n) is 5.54. The summed E-state index contributed by atoms with van der Waals surface area (Å²) >= 11 is 0. The summed E-state index contributed by atoms with van der Waals surface area (Å²) in [6.45, 7) is 1.83. The number of fused-ring (bicyclic) bond motifs is 1. The molecule has 1 amide bonds. The first kappa shape index (κ1) is 16.0. The molecule has 2 N–H and O–H groups in total. The molecule has 0 spiro atoms. The Morgan fingerprint density at radius 1 is 1.21 bits per heavy atom. The molecule has 0 fully saturated rings. The van der Waals surface area contributed by atoms with Gasteiger partial charge in [0.25, 0.3) is 5.91 Å². The molecule has 8 heteroatoms. The van der Waals surface area contributed by atoms with Gasteiger partial charge in [-0.1, -0.05) is 0 Å². The first-order valence-electron chi connectivity index (χ1n) is 7.53. The van der Waals surface area contributed by atoms with Crippen LogP contribution in [0.2, 0.25) is 0 Å². The van der Waals surface area contributed by atoms with Gasteiger partial charge in [0.1, 0.15) is 11.5 Å². The Kier molecular flexibility index (Phi) is 4.76. The Morgan fingerprint density at radius 3 is 2.79 bits per heavy atom. The highest BCUT2D eigenvalue weighted by Gasteiger charge is 2.15. The van der Waals surface area contributed by atoms with Gasteiger partial charge in [-0.25, -0.2) is 9.97 Å². The molecular formula is C16H19N5O3. The molecule has 3 rings (SSSR count). The normalized spacial score (nSPS) is 12.3. The summed E-state index contributed by atoms with van der Waals surface area (Å²) in [6.07, 6.45) is 2.99. The van der Waals surface area contributed by atoms with Crippen LogP contribution in [0.5, 0.6) is 11.5 Å². The first-order chi connectivity index (χ1) is 11.6. The fourth-order valence-corrected chi connectivity index (χ4v) is 2.11. The topological polar surface area (TPSA) is 88.6 Å². The van der Waals surface area contributed by atoms with Crippen molar-refractivity contribution in [1.82, 2.24) is 14.9 Å². The average molecular weight is 329 g/mol. The molecule has 0 bridgehead atoms. The fraction of sp³-hybridized carbons (Fsp3) is 0.312. The number of likely N-dealkylation sites (N-methyl/N-ethyl adjacent to an activating group) is 1. The van der Waals surface area contributed by atoms with Gasteiger partial charge in [0.05, 0.1) is 12.4 Å². The number of hydrogen-bond acceptors (Lipinski definition) is 7. The van der Waals surface area contributed by atoms with Crippen LogP contribution >= 0.6 is 0 Å². The molecular weight excluding hydrogens is 310 g/mol. The van der Waals surface area contributed by atoms with Gasteiger partial charge in [-0.05, 0) is 26.2 Å². The van der Waals surface area contributed by atoms with Gasteiger partial charge in [-0.15, -0.1) is 0 Å². The van der Waals surface area contributed by atoms with Crippen molar-refractivity contribution < 1.29 is 14.3 Å². The molecule has 0 radical (unpaired) electrons. The van der Waals surface area contributed by atoms with Crippen molar-refractivity contribution in [2.75, 3.05) is 44.6 Å². The molecule has 0 unspecified atom stereocenters. The lowest BCUT2D eigenvalue weighted by Gasteiger charge is -2.10. The number of amides is 1. The highest BCUT2D eigenvalue weighted by molar-refractivity contribution is 6.02. The third-order valence-corrected chi connectivity index (χ3v) is 3.38. The number of benzene rings is 1. The van der Waals surface area contributed by atoms with E-state index in [1.54, 1.807) is 24.4 Å². The van der Waals surface area contributed by atoms with Gasteiger partial charge >= 0.3 is 0 Å². The van der Waals surface area contributed by atoms with Crippen molar-refractivity contribution >= 4 is 17.4 Å². The van der Waals surface area contributed by atoms with E-state index in [0.29, 0.717) is 23.0 Å². The quantitative estimate of drug-likeness (QED) is 0.829. The van der Waals surface area contributed by atoms with Crippen LogP contribution in [0.15, 0.2) is 30.6 Å². The summed E-state index contributed by atoms with van der Waals surface area (Å²) in [4.78, 5) is 22.6. The largest absolute Gasteiger partial charge is 0.454 e. The maximum absolute atomic E-state index is 12.2. The van der Waals surface area contributed by atoms with Crippen molar-refractivity contribution in [3.8, 4) is 11.5 Å². The Hall–Kier alpha value is -2.87. The number of aromatic nitrogens is 2. The van der Waals surface area contributed by atoms with E-state index >= 15 is 0 Å². The fourth-order valence-electron chi connectivity index (χ4n) is 2.11. The Labute approximate surface area is 139 Å². The summed E-state index contributed by atoms with van der Waals surface area (Å²) in [5, 5.41) is 5.90. The monoisotopic (exact) mass is 329 g/mol. The van der Waals surface area contributed by atoms with Crippen LogP contribution in [0.25, 0.3) is 0 Å². The van der Waals surface area contributed by atoms with E-state index < -0.39 is 0 Å². The summed E-state index contributed by atoms with van der Waals surface area (Å²) in [7, 11) is 3.99. The van der Waals surface area contributed by atoms with Crippen LogP contribution < -0.4 is 20.1 Å². The molecule has 0 aliphatic carbocycles. The number of hydrogen-bond donors (Lipinski definition) is 2. The van der Waals surface area contributed by atoms with Crippen molar-refractivity contribution in [3.05, 3.63) is 36.3 Å². The number of ether oxygens (including phenoxy) is 2. The van der Waals surface area contributed by atoms with Crippen molar-refractivity contribution in [3.63, 3.8) is 0 Å². The van der Waals surface area contributed by atoms with Crippen LogP contribution in [-0.2, 0) is 0 Å². The molecule has 0 saturated heterocycles. The maximum Gasteiger partial charge on any atom is 0.275 e. The summed E-state index contributed by atoms with van der Waals surface area (Å²) in [6, 6.07) is 5.21. The molecule has 2 heterocycles. The summed E-state index contributed by atoms with van der Waals surface area (Å²) in [5.41, 5.74) is 0.852. The molecule has 1 aliphatic heterocycles. The predicted molar refractivity (Wildman–Crippen MR) is 89.6 cm³/mol. The SMILES string of the molecule is CN(C)CCNc1cnc(C(=O)Nc2ccc3c(c2)OCO3)cn1. The van der Waals surface area contributed by atoms with Crippen LogP contribution in [0.1, 0.15) is 10.5 Å². The van der Waals surface area contributed by atoms with Crippen molar-refractivity contribution in [2.24, 2.45) is 0 Å². The van der Waals surface area contributed by atoms with Gasteiger partial charge < -0.3 is 25.0 Å². The molecule has 0 atom stereocenters.